The molecule has 0 aromatic carbocycles. The summed E-state index contributed by atoms with van der Waals surface area (Å²) in [6.45, 7) is 2.61. The van der Waals surface area contributed by atoms with Crippen LogP contribution in [0.2, 0.25) is 0 Å². The molecule has 0 aliphatic rings. The normalized spacial score (nSPS) is 10.2. The van der Waals surface area contributed by atoms with Gasteiger partial charge in [-0.2, -0.15) is 0 Å². The Morgan fingerprint density at radius 2 is 2.12 bits per heavy atom. The Balaban J connectivity index is 2.24. The maximum Gasteiger partial charge on any atom is 0.359 e. The first-order chi connectivity index (χ1) is 8.25. The number of ether oxygens (including phenoxy) is 1. The van der Waals surface area contributed by atoms with Crippen LogP contribution in [0.5, 0.6) is 0 Å². The minimum Gasteiger partial charge on any atom is -0.461 e. The first kappa shape index (κ1) is 13.5. The Kier molecular flexibility index (Phi) is 6.07. The summed E-state index contributed by atoms with van der Waals surface area (Å²) in [7, 11) is 0. The largest absolute Gasteiger partial charge is 0.461 e. The molecule has 4 heteroatoms. The minimum atomic E-state index is -0.432. The minimum absolute atomic E-state index is 0.209. The van der Waals surface area contributed by atoms with Crippen LogP contribution in [0.15, 0.2) is 18.3 Å². The van der Waals surface area contributed by atoms with E-state index in [-0.39, 0.29) is 5.69 Å². The zero-order chi connectivity index (χ0) is 12.5. The van der Waals surface area contributed by atoms with Gasteiger partial charge in [-0.3, -0.25) is 0 Å². The van der Waals surface area contributed by atoms with E-state index in [4.69, 9.17) is 10.5 Å². The lowest BCUT2D eigenvalue weighted by Crippen LogP contribution is -2.11. The van der Waals surface area contributed by atoms with Gasteiger partial charge in [0.15, 0.2) is 5.69 Å². The molecule has 4 nitrogen and oxygen atoms in total. The summed E-state index contributed by atoms with van der Waals surface area (Å²) in [6, 6.07) is 3.34. The van der Waals surface area contributed by atoms with Crippen molar-refractivity contribution in [3.63, 3.8) is 0 Å². The fourth-order valence-electron chi connectivity index (χ4n) is 1.53. The molecule has 0 bridgehead atoms. The van der Waals surface area contributed by atoms with E-state index < -0.39 is 5.97 Å². The number of unbranched alkanes of at least 4 members (excludes halogenated alkanes) is 4. The van der Waals surface area contributed by atoms with Gasteiger partial charge in [0, 0.05) is 6.20 Å². The molecule has 0 unspecified atom stereocenters. The molecule has 1 rings (SSSR count). The fourth-order valence-corrected chi connectivity index (χ4v) is 1.53. The Bertz CT molecular complexity index is 353. The van der Waals surface area contributed by atoms with Gasteiger partial charge < -0.3 is 10.5 Å². The first-order valence-electron chi connectivity index (χ1n) is 6.13. The highest BCUT2D eigenvalue weighted by Gasteiger charge is 2.11. The summed E-state index contributed by atoms with van der Waals surface area (Å²) in [5.74, 6) is -0.432. The third kappa shape index (κ3) is 4.85. The second-order valence-corrected chi connectivity index (χ2v) is 3.99. The highest BCUT2D eigenvalue weighted by Crippen LogP contribution is 2.09. The summed E-state index contributed by atoms with van der Waals surface area (Å²) in [5.41, 5.74) is 6.20. The average Bonchev–Trinajstić information content (AvgIpc) is 2.34. The number of nitrogen functional groups attached to an aromatic ring is 1. The summed E-state index contributed by atoms with van der Waals surface area (Å²) >= 11 is 0. The summed E-state index contributed by atoms with van der Waals surface area (Å²) in [5, 5.41) is 0. The predicted molar refractivity (Wildman–Crippen MR) is 67.7 cm³/mol. The lowest BCUT2D eigenvalue weighted by atomic mass is 10.2. The van der Waals surface area contributed by atoms with Gasteiger partial charge in [0.25, 0.3) is 0 Å². The van der Waals surface area contributed by atoms with Crippen molar-refractivity contribution in [2.45, 2.75) is 39.0 Å². The second kappa shape index (κ2) is 7.65. The number of rotatable bonds is 7. The SMILES string of the molecule is CCCCCCCOC(=O)c1ncccc1N. The van der Waals surface area contributed by atoms with Crippen LogP contribution in [-0.4, -0.2) is 17.6 Å². The second-order valence-electron chi connectivity index (χ2n) is 3.99. The standard InChI is InChI=1S/C13H20N2O2/c1-2-3-4-5-6-10-17-13(16)12-11(14)8-7-9-15-12/h7-9H,2-6,10,14H2,1H3. The molecule has 0 atom stereocenters. The first-order valence-corrected chi connectivity index (χ1v) is 6.13. The average molecular weight is 236 g/mol. The number of carbonyl (C=O) groups excluding carboxylic acids is 1. The number of pyridine rings is 1. The van der Waals surface area contributed by atoms with Crippen molar-refractivity contribution in [1.29, 1.82) is 0 Å². The molecule has 0 spiro atoms. The van der Waals surface area contributed by atoms with Gasteiger partial charge in [0.05, 0.1) is 12.3 Å². The zero-order valence-corrected chi connectivity index (χ0v) is 10.3. The fraction of sp³-hybridized carbons (Fsp3) is 0.538. The van der Waals surface area contributed by atoms with Crippen LogP contribution < -0.4 is 5.73 Å². The monoisotopic (exact) mass is 236 g/mol. The quantitative estimate of drug-likeness (QED) is 0.584. The molecule has 1 aromatic rings. The number of anilines is 1. The van der Waals surface area contributed by atoms with Crippen molar-refractivity contribution in [3.8, 4) is 0 Å². The van der Waals surface area contributed by atoms with Crippen LogP contribution in [0.25, 0.3) is 0 Å². The number of nitrogens with zero attached hydrogens (tertiary/aromatic N) is 1. The van der Waals surface area contributed by atoms with Crippen molar-refractivity contribution in [2.75, 3.05) is 12.3 Å². The van der Waals surface area contributed by atoms with Crippen molar-refractivity contribution in [3.05, 3.63) is 24.0 Å². The molecular formula is C13H20N2O2. The Morgan fingerprint density at radius 3 is 2.82 bits per heavy atom. The van der Waals surface area contributed by atoms with Gasteiger partial charge in [0.2, 0.25) is 0 Å². The molecular weight excluding hydrogens is 216 g/mol. The maximum atomic E-state index is 11.6. The van der Waals surface area contributed by atoms with Crippen LogP contribution in [0.4, 0.5) is 5.69 Å². The lowest BCUT2D eigenvalue weighted by Gasteiger charge is -2.05. The Hall–Kier alpha value is -1.58. The molecule has 0 aliphatic carbocycles. The number of hydrogen-bond donors (Lipinski definition) is 1. The third-order valence-electron chi connectivity index (χ3n) is 2.51. The van der Waals surface area contributed by atoms with E-state index >= 15 is 0 Å². The van der Waals surface area contributed by atoms with Gasteiger partial charge in [-0.1, -0.05) is 32.6 Å². The smallest absolute Gasteiger partial charge is 0.359 e. The number of hydrogen-bond acceptors (Lipinski definition) is 4. The zero-order valence-electron chi connectivity index (χ0n) is 10.3. The Labute approximate surface area is 102 Å². The van der Waals surface area contributed by atoms with E-state index in [0.29, 0.717) is 12.3 Å². The van der Waals surface area contributed by atoms with Crippen LogP contribution in [-0.2, 0) is 4.74 Å². The van der Waals surface area contributed by atoms with Gasteiger partial charge in [-0.05, 0) is 18.6 Å². The molecule has 0 aliphatic heterocycles. The highest BCUT2D eigenvalue weighted by molar-refractivity contribution is 5.92. The number of aromatic nitrogens is 1. The summed E-state index contributed by atoms with van der Waals surface area (Å²) < 4.78 is 5.11. The summed E-state index contributed by atoms with van der Waals surface area (Å²) in [6.07, 6.45) is 7.18. The van der Waals surface area contributed by atoms with Crippen molar-refractivity contribution in [2.24, 2.45) is 0 Å². The molecule has 94 valence electrons. The topological polar surface area (TPSA) is 65.2 Å². The van der Waals surface area contributed by atoms with Gasteiger partial charge in [-0.15, -0.1) is 0 Å². The van der Waals surface area contributed by atoms with E-state index in [1.165, 1.54) is 25.5 Å². The predicted octanol–water partition coefficient (Wildman–Crippen LogP) is 2.79. The highest BCUT2D eigenvalue weighted by atomic mass is 16.5. The molecule has 17 heavy (non-hydrogen) atoms. The van der Waals surface area contributed by atoms with Crippen molar-refractivity contribution >= 4 is 11.7 Å². The lowest BCUT2D eigenvalue weighted by molar-refractivity contribution is 0.0492. The Morgan fingerprint density at radius 1 is 1.35 bits per heavy atom. The molecule has 0 amide bonds. The van der Waals surface area contributed by atoms with Crippen LogP contribution in [0.3, 0.4) is 0 Å². The van der Waals surface area contributed by atoms with Crippen LogP contribution >= 0.6 is 0 Å². The number of esters is 1. The molecule has 2 N–H and O–H groups in total. The summed E-state index contributed by atoms with van der Waals surface area (Å²) in [4.78, 5) is 15.5. The molecule has 0 fully saturated rings. The number of nitrogens with two attached hydrogens (primary N) is 1. The van der Waals surface area contributed by atoms with E-state index in [0.717, 1.165) is 12.8 Å². The molecule has 0 radical (unpaired) electrons. The van der Waals surface area contributed by atoms with Crippen LogP contribution in [0.1, 0.15) is 49.5 Å². The van der Waals surface area contributed by atoms with Crippen molar-refractivity contribution < 1.29 is 9.53 Å². The van der Waals surface area contributed by atoms with Gasteiger partial charge in [-0.25, -0.2) is 9.78 Å². The molecule has 0 saturated heterocycles. The third-order valence-corrected chi connectivity index (χ3v) is 2.51. The molecule has 1 heterocycles. The van der Waals surface area contributed by atoms with Gasteiger partial charge >= 0.3 is 5.97 Å². The van der Waals surface area contributed by atoms with Crippen LogP contribution in [0, 0.1) is 0 Å². The molecule has 0 saturated carbocycles. The van der Waals surface area contributed by atoms with E-state index in [9.17, 15) is 4.79 Å². The van der Waals surface area contributed by atoms with E-state index in [1.54, 1.807) is 12.1 Å². The molecule has 1 aromatic heterocycles. The number of carbonyl (C=O) groups is 1. The van der Waals surface area contributed by atoms with Crippen molar-refractivity contribution in [1.82, 2.24) is 4.98 Å². The maximum absolute atomic E-state index is 11.6. The van der Waals surface area contributed by atoms with Gasteiger partial charge in [0.1, 0.15) is 0 Å². The van der Waals surface area contributed by atoms with E-state index in [1.807, 2.05) is 0 Å². The van der Waals surface area contributed by atoms with E-state index in [2.05, 4.69) is 11.9 Å².